The highest BCUT2D eigenvalue weighted by atomic mass is 32.2. The normalized spacial score (nSPS) is 18.5. The lowest BCUT2D eigenvalue weighted by Crippen LogP contribution is -2.45. The smallest absolute Gasteiger partial charge is 0.227 e. The first-order valence-corrected chi connectivity index (χ1v) is 13.6. The van der Waals surface area contributed by atoms with Gasteiger partial charge in [-0.05, 0) is 13.8 Å². The van der Waals surface area contributed by atoms with E-state index in [1.807, 2.05) is 0 Å². The number of anilines is 2. The summed E-state index contributed by atoms with van der Waals surface area (Å²) in [7, 11) is -6.77. The van der Waals surface area contributed by atoms with Crippen LogP contribution >= 0.6 is 0 Å². The molecule has 3 heterocycles. The Labute approximate surface area is 178 Å². The van der Waals surface area contributed by atoms with Crippen LogP contribution in [0.5, 0.6) is 0 Å². The largest absolute Gasteiger partial charge is 0.369 e. The van der Waals surface area contributed by atoms with Crippen molar-refractivity contribution >= 4 is 31.8 Å². The molecule has 0 radical (unpaired) electrons. The van der Waals surface area contributed by atoms with Gasteiger partial charge in [0.1, 0.15) is 5.82 Å². The van der Waals surface area contributed by atoms with Gasteiger partial charge in [0.2, 0.25) is 26.0 Å². The van der Waals surface area contributed by atoms with E-state index in [4.69, 9.17) is 4.98 Å². The van der Waals surface area contributed by atoms with Gasteiger partial charge in [0.25, 0.3) is 0 Å². The molecule has 2 aliphatic heterocycles. The van der Waals surface area contributed by atoms with E-state index in [-0.39, 0.29) is 24.9 Å². The van der Waals surface area contributed by atoms with Crippen molar-refractivity contribution in [1.29, 1.82) is 0 Å². The lowest BCUT2D eigenvalue weighted by atomic mass is 10.1. The van der Waals surface area contributed by atoms with Crippen LogP contribution in [0, 0.1) is 0 Å². The molecule has 0 aliphatic carbocycles. The number of rotatable bonds is 8. The molecule has 2 aliphatic rings. The second-order valence-electron chi connectivity index (χ2n) is 7.90. The molecular weight excluding hydrogens is 430 g/mol. The number of aromatic nitrogens is 2. The van der Waals surface area contributed by atoms with Crippen LogP contribution in [0.15, 0.2) is 0 Å². The van der Waals surface area contributed by atoms with Gasteiger partial charge in [0.05, 0.1) is 17.7 Å². The molecule has 1 saturated heterocycles. The number of hydrogen-bond acceptors (Lipinski definition) is 9. The van der Waals surface area contributed by atoms with Gasteiger partial charge in [-0.3, -0.25) is 0 Å². The predicted molar refractivity (Wildman–Crippen MR) is 117 cm³/mol. The van der Waals surface area contributed by atoms with Crippen LogP contribution < -0.4 is 20.3 Å². The molecule has 1 aromatic heterocycles. The van der Waals surface area contributed by atoms with E-state index >= 15 is 0 Å². The van der Waals surface area contributed by atoms with Crippen molar-refractivity contribution in [3.63, 3.8) is 0 Å². The van der Waals surface area contributed by atoms with Gasteiger partial charge in [-0.1, -0.05) is 0 Å². The summed E-state index contributed by atoms with van der Waals surface area (Å²) in [5, 5.41) is 6.41. The maximum absolute atomic E-state index is 12.1. The zero-order valence-electron chi connectivity index (χ0n) is 17.7. The number of fused-ring (bicyclic) bond motifs is 1. The first-order valence-electron chi connectivity index (χ1n) is 10.1. The van der Waals surface area contributed by atoms with Crippen molar-refractivity contribution in [2.75, 3.05) is 61.5 Å². The van der Waals surface area contributed by atoms with E-state index in [0.717, 1.165) is 31.9 Å². The molecule has 0 bridgehead atoms. The molecular formula is C17H31N7O4S2. The molecule has 0 amide bonds. The zero-order valence-corrected chi connectivity index (χ0v) is 19.3. The Morgan fingerprint density at radius 3 is 2.43 bits per heavy atom. The number of sulfonamides is 2. The number of nitrogens with one attached hydrogen (secondary N) is 3. The summed E-state index contributed by atoms with van der Waals surface area (Å²) in [5.41, 5.74) is 1.52. The molecule has 1 aromatic rings. The quantitative estimate of drug-likeness (QED) is 0.442. The lowest BCUT2D eigenvalue weighted by molar-refractivity contribution is 0.391. The van der Waals surface area contributed by atoms with Gasteiger partial charge >= 0.3 is 0 Å². The average Bonchev–Trinajstić information content (AvgIpc) is 2.66. The molecule has 0 spiro atoms. The maximum atomic E-state index is 12.1. The topological polar surface area (TPSA) is 137 Å². The van der Waals surface area contributed by atoms with Crippen molar-refractivity contribution in [3.8, 4) is 0 Å². The SMILES string of the molecule is CC(C)NS(=O)(=O)CCNc1nc(N2CCNCC2)nc2c1CN(S(C)(=O)=O)CC2. The fraction of sp³-hybridized carbons (Fsp3) is 0.765. The Bertz CT molecular complexity index is 961. The third kappa shape index (κ3) is 6.00. The molecule has 170 valence electrons. The van der Waals surface area contributed by atoms with Crippen LogP contribution in [0.2, 0.25) is 0 Å². The number of nitrogens with zero attached hydrogens (tertiary/aromatic N) is 4. The summed E-state index contributed by atoms with van der Waals surface area (Å²) in [4.78, 5) is 11.4. The number of hydrogen-bond donors (Lipinski definition) is 3. The van der Waals surface area contributed by atoms with Crippen LogP contribution in [0.1, 0.15) is 25.1 Å². The fourth-order valence-electron chi connectivity index (χ4n) is 3.53. The van der Waals surface area contributed by atoms with Gasteiger partial charge < -0.3 is 15.5 Å². The van der Waals surface area contributed by atoms with Gasteiger partial charge in [0.15, 0.2) is 0 Å². The van der Waals surface area contributed by atoms with E-state index in [0.29, 0.717) is 30.3 Å². The van der Waals surface area contributed by atoms with Gasteiger partial charge in [-0.15, -0.1) is 0 Å². The zero-order chi connectivity index (χ0) is 21.9. The summed E-state index contributed by atoms with van der Waals surface area (Å²) in [6.45, 7) is 7.47. The van der Waals surface area contributed by atoms with E-state index in [1.165, 1.54) is 10.6 Å². The Morgan fingerprint density at radius 1 is 1.10 bits per heavy atom. The van der Waals surface area contributed by atoms with Crippen molar-refractivity contribution in [2.24, 2.45) is 0 Å². The molecule has 1 fully saturated rings. The highest BCUT2D eigenvalue weighted by Crippen LogP contribution is 2.27. The minimum absolute atomic E-state index is 0.108. The van der Waals surface area contributed by atoms with Crippen LogP contribution in [0.3, 0.4) is 0 Å². The van der Waals surface area contributed by atoms with Crippen molar-refractivity contribution < 1.29 is 16.8 Å². The average molecular weight is 462 g/mol. The second-order valence-corrected chi connectivity index (χ2v) is 11.8. The van der Waals surface area contributed by atoms with Gasteiger partial charge in [-0.2, -0.15) is 9.29 Å². The number of piperazine rings is 1. The Kier molecular flexibility index (Phi) is 7.17. The monoisotopic (exact) mass is 461 g/mol. The summed E-state index contributed by atoms with van der Waals surface area (Å²) in [6.07, 6.45) is 1.68. The first kappa shape index (κ1) is 23.1. The van der Waals surface area contributed by atoms with E-state index in [9.17, 15) is 16.8 Å². The molecule has 13 heteroatoms. The Morgan fingerprint density at radius 2 is 1.80 bits per heavy atom. The van der Waals surface area contributed by atoms with Gasteiger partial charge in [0, 0.05) is 63.8 Å². The minimum atomic E-state index is -3.42. The van der Waals surface area contributed by atoms with E-state index < -0.39 is 20.0 Å². The highest BCUT2D eigenvalue weighted by molar-refractivity contribution is 7.89. The van der Waals surface area contributed by atoms with Crippen LogP contribution in [0.25, 0.3) is 0 Å². The van der Waals surface area contributed by atoms with Crippen molar-refractivity contribution in [1.82, 2.24) is 24.3 Å². The summed E-state index contributed by atoms with van der Waals surface area (Å²) in [6, 6.07) is -0.176. The molecule has 0 saturated carbocycles. The van der Waals surface area contributed by atoms with Crippen LogP contribution in [-0.2, 0) is 33.0 Å². The molecule has 3 N–H and O–H groups in total. The molecule has 0 atom stereocenters. The van der Waals surface area contributed by atoms with E-state index in [1.54, 1.807) is 13.8 Å². The van der Waals surface area contributed by atoms with E-state index in [2.05, 4.69) is 25.2 Å². The summed E-state index contributed by atoms with van der Waals surface area (Å²) < 4.78 is 52.3. The Balaban J connectivity index is 1.84. The Hall–Kier alpha value is -1.54. The lowest BCUT2D eigenvalue weighted by Gasteiger charge is -2.31. The third-order valence-corrected chi connectivity index (χ3v) is 7.78. The highest BCUT2D eigenvalue weighted by Gasteiger charge is 2.28. The first-order chi connectivity index (χ1) is 14.0. The van der Waals surface area contributed by atoms with Gasteiger partial charge in [-0.25, -0.2) is 26.5 Å². The van der Waals surface area contributed by atoms with Crippen LogP contribution in [0.4, 0.5) is 11.8 Å². The molecule has 0 unspecified atom stereocenters. The minimum Gasteiger partial charge on any atom is -0.369 e. The van der Waals surface area contributed by atoms with Crippen LogP contribution in [-0.4, -0.2) is 88.4 Å². The second kappa shape index (κ2) is 9.30. The fourth-order valence-corrected chi connectivity index (χ4v) is 5.53. The van der Waals surface area contributed by atoms with Crippen molar-refractivity contribution in [2.45, 2.75) is 32.9 Å². The predicted octanol–water partition coefficient (Wildman–Crippen LogP) is -1.06. The molecule has 30 heavy (non-hydrogen) atoms. The molecule has 11 nitrogen and oxygen atoms in total. The third-order valence-electron chi connectivity index (χ3n) is 4.96. The van der Waals surface area contributed by atoms with Crippen molar-refractivity contribution in [3.05, 3.63) is 11.3 Å². The summed E-state index contributed by atoms with van der Waals surface area (Å²) >= 11 is 0. The maximum Gasteiger partial charge on any atom is 0.227 e. The molecule has 0 aromatic carbocycles. The standard InChI is InChI=1S/C17H31N7O4S2/c1-13(2)22-30(27,28)11-7-19-16-14-12-24(29(3,25)26)8-4-15(14)20-17(21-16)23-9-5-18-6-10-23/h13,18,22H,4-12H2,1-3H3,(H,19,20,21). The molecule has 3 rings (SSSR count). The summed E-state index contributed by atoms with van der Waals surface area (Å²) in [5.74, 6) is 0.984.